The van der Waals surface area contributed by atoms with E-state index in [0.29, 0.717) is 44.4 Å². The van der Waals surface area contributed by atoms with Crippen molar-refractivity contribution in [2.24, 2.45) is 0 Å². The number of benzene rings is 1. The first-order valence-electron chi connectivity index (χ1n) is 9.03. The third-order valence-electron chi connectivity index (χ3n) is 3.56. The average Bonchev–Trinajstić information content (AvgIpc) is 2.70. The molecule has 1 aromatic carbocycles. The lowest BCUT2D eigenvalue weighted by Gasteiger charge is -2.10. The molecule has 2 aromatic rings. The van der Waals surface area contributed by atoms with Gasteiger partial charge in [-0.15, -0.1) is 0 Å². The first-order valence-corrected chi connectivity index (χ1v) is 9.41. The van der Waals surface area contributed by atoms with Gasteiger partial charge in [0.05, 0.1) is 13.2 Å². The molecule has 0 unspecified atom stereocenters. The number of anilines is 1. The van der Waals surface area contributed by atoms with Crippen LogP contribution in [0.2, 0.25) is 5.28 Å². The summed E-state index contributed by atoms with van der Waals surface area (Å²) in [4.78, 5) is 19.6. The van der Waals surface area contributed by atoms with Gasteiger partial charge in [0.15, 0.2) is 0 Å². The van der Waals surface area contributed by atoms with Crippen molar-refractivity contribution < 1.29 is 19.0 Å². The van der Waals surface area contributed by atoms with Crippen molar-refractivity contribution in [3.63, 3.8) is 0 Å². The highest BCUT2D eigenvalue weighted by molar-refractivity contribution is 6.28. The van der Waals surface area contributed by atoms with Gasteiger partial charge >= 0.3 is 5.97 Å². The first kappa shape index (κ1) is 21.7. The molecule has 0 bridgehead atoms. The molecule has 0 amide bonds. The van der Waals surface area contributed by atoms with Crippen LogP contribution in [0.3, 0.4) is 0 Å². The van der Waals surface area contributed by atoms with Crippen molar-refractivity contribution >= 4 is 29.5 Å². The van der Waals surface area contributed by atoms with E-state index in [1.165, 1.54) is 6.08 Å². The van der Waals surface area contributed by atoms with Crippen LogP contribution < -0.4 is 10.1 Å². The monoisotopic (exact) mass is 405 g/mol. The van der Waals surface area contributed by atoms with E-state index in [4.69, 9.17) is 25.8 Å². The van der Waals surface area contributed by atoms with E-state index in [1.807, 2.05) is 31.2 Å². The van der Waals surface area contributed by atoms with Crippen molar-refractivity contribution in [3.8, 4) is 5.75 Å². The van der Waals surface area contributed by atoms with Crippen LogP contribution in [0.4, 0.5) is 5.82 Å². The number of halogens is 1. The van der Waals surface area contributed by atoms with E-state index in [1.54, 1.807) is 19.2 Å². The third kappa shape index (κ3) is 7.54. The zero-order chi connectivity index (χ0) is 20.2. The summed E-state index contributed by atoms with van der Waals surface area (Å²) in [7, 11) is 0. The van der Waals surface area contributed by atoms with Gasteiger partial charge in [0, 0.05) is 31.0 Å². The standard InChI is InChI=1S/C20H24ClN3O4/c1-3-26-11-12-28-17-8-5-15(6-9-17)13-22-19-16(14-23-20(21)24-19)7-10-18(25)27-4-2/h5-10,14H,3-4,11-13H2,1-2H3,(H,22,23,24)/b10-7+. The minimum atomic E-state index is -0.427. The molecular formula is C20H24ClN3O4. The van der Waals surface area contributed by atoms with Crippen LogP contribution in [0, 0.1) is 0 Å². The predicted octanol–water partition coefficient (Wildman–Crippen LogP) is 3.73. The second kappa shape index (κ2) is 11.9. The summed E-state index contributed by atoms with van der Waals surface area (Å²) in [5.41, 5.74) is 1.67. The number of rotatable bonds is 11. The van der Waals surface area contributed by atoms with Gasteiger partial charge in [-0.25, -0.2) is 14.8 Å². The van der Waals surface area contributed by atoms with E-state index in [9.17, 15) is 4.79 Å². The number of nitrogens with one attached hydrogen (secondary N) is 1. The summed E-state index contributed by atoms with van der Waals surface area (Å²) in [6.45, 7) is 6.29. The van der Waals surface area contributed by atoms with Gasteiger partial charge < -0.3 is 19.5 Å². The molecule has 150 valence electrons. The van der Waals surface area contributed by atoms with Crippen molar-refractivity contribution in [1.29, 1.82) is 0 Å². The van der Waals surface area contributed by atoms with Crippen molar-refractivity contribution in [1.82, 2.24) is 9.97 Å². The quantitative estimate of drug-likeness (QED) is 0.264. The Hall–Kier alpha value is -2.64. The highest BCUT2D eigenvalue weighted by atomic mass is 35.5. The number of carbonyl (C=O) groups is 1. The topological polar surface area (TPSA) is 82.6 Å². The van der Waals surface area contributed by atoms with E-state index in [0.717, 1.165) is 11.3 Å². The first-order chi connectivity index (χ1) is 13.6. The number of hydrogen-bond acceptors (Lipinski definition) is 7. The van der Waals surface area contributed by atoms with Crippen LogP contribution in [0.25, 0.3) is 6.08 Å². The summed E-state index contributed by atoms with van der Waals surface area (Å²) in [5, 5.41) is 3.33. The smallest absolute Gasteiger partial charge is 0.330 e. The molecule has 1 heterocycles. The maximum absolute atomic E-state index is 11.5. The Balaban J connectivity index is 1.96. The number of aromatic nitrogens is 2. The molecule has 0 spiro atoms. The van der Waals surface area contributed by atoms with Crippen LogP contribution in [-0.2, 0) is 20.8 Å². The number of nitrogens with zero attached hydrogens (tertiary/aromatic N) is 2. The molecule has 1 N–H and O–H groups in total. The van der Waals surface area contributed by atoms with Gasteiger partial charge in [-0.1, -0.05) is 12.1 Å². The van der Waals surface area contributed by atoms with Crippen LogP contribution in [0.1, 0.15) is 25.0 Å². The molecule has 0 fully saturated rings. The van der Waals surface area contributed by atoms with Crippen LogP contribution in [0.5, 0.6) is 5.75 Å². The fourth-order valence-electron chi connectivity index (χ4n) is 2.23. The molecule has 8 heteroatoms. The largest absolute Gasteiger partial charge is 0.491 e. The van der Waals surface area contributed by atoms with E-state index < -0.39 is 5.97 Å². The molecule has 0 aliphatic rings. The molecule has 0 radical (unpaired) electrons. The highest BCUT2D eigenvalue weighted by Gasteiger charge is 2.06. The second-order valence-corrected chi connectivity index (χ2v) is 5.91. The SMILES string of the molecule is CCOCCOc1ccc(CNc2nc(Cl)ncc2/C=C/C(=O)OCC)cc1. The Morgan fingerprint density at radius 2 is 1.96 bits per heavy atom. The highest BCUT2D eigenvalue weighted by Crippen LogP contribution is 2.18. The maximum Gasteiger partial charge on any atom is 0.330 e. The van der Waals surface area contributed by atoms with Gasteiger partial charge in [-0.05, 0) is 49.2 Å². The Bertz CT molecular complexity index is 782. The molecule has 2 rings (SSSR count). The molecule has 0 aliphatic heterocycles. The van der Waals surface area contributed by atoms with Crippen molar-refractivity contribution in [2.75, 3.05) is 31.7 Å². The number of carbonyl (C=O) groups excluding carboxylic acids is 1. The minimum absolute atomic E-state index is 0.119. The molecule has 0 aliphatic carbocycles. The summed E-state index contributed by atoms with van der Waals surface area (Å²) in [6, 6.07) is 7.72. The normalized spacial score (nSPS) is 10.8. The third-order valence-corrected chi connectivity index (χ3v) is 3.74. The molecule has 1 aromatic heterocycles. The molecule has 0 saturated heterocycles. The lowest BCUT2D eigenvalue weighted by Crippen LogP contribution is -2.07. The van der Waals surface area contributed by atoms with Crippen molar-refractivity contribution in [3.05, 3.63) is 52.9 Å². The lowest BCUT2D eigenvalue weighted by atomic mass is 10.2. The summed E-state index contributed by atoms with van der Waals surface area (Å²) < 4.78 is 15.7. The number of hydrogen-bond donors (Lipinski definition) is 1. The Labute approximate surface area is 169 Å². The summed E-state index contributed by atoms with van der Waals surface area (Å²) in [6.07, 6.45) is 4.46. The molecule has 0 atom stereocenters. The minimum Gasteiger partial charge on any atom is -0.491 e. The maximum atomic E-state index is 11.5. The fourth-order valence-corrected chi connectivity index (χ4v) is 2.37. The van der Waals surface area contributed by atoms with Gasteiger partial charge in [0.25, 0.3) is 0 Å². The van der Waals surface area contributed by atoms with Crippen molar-refractivity contribution in [2.45, 2.75) is 20.4 Å². The second-order valence-electron chi connectivity index (χ2n) is 5.57. The van der Waals surface area contributed by atoms with Crippen LogP contribution in [-0.4, -0.2) is 42.4 Å². The molecule has 28 heavy (non-hydrogen) atoms. The van der Waals surface area contributed by atoms with Crippen LogP contribution in [0.15, 0.2) is 36.5 Å². The number of ether oxygens (including phenoxy) is 3. The Morgan fingerprint density at radius 1 is 1.18 bits per heavy atom. The predicted molar refractivity (Wildman–Crippen MR) is 108 cm³/mol. The average molecular weight is 406 g/mol. The van der Waals surface area contributed by atoms with E-state index in [2.05, 4.69) is 15.3 Å². The molecule has 7 nitrogen and oxygen atoms in total. The summed E-state index contributed by atoms with van der Waals surface area (Å²) in [5.74, 6) is 0.882. The Kier molecular flexibility index (Phi) is 9.24. The van der Waals surface area contributed by atoms with Gasteiger partial charge in [0.1, 0.15) is 18.2 Å². The number of esters is 1. The van der Waals surface area contributed by atoms with E-state index >= 15 is 0 Å². The molecule has 0 saturated carbocycles. The lowest BCUT2D eigenvalue weighted by molar-refractivity contribution is -0.137. The fraction of sp³-hybridized carbons (Fsp3) is 0.350. The van der Waals surface area contributed by atoms with Gasteiger partial charge in [-0.2, -0.15) is 0 Å². The molecular weight excluding hydrogens is 382 g/mol. The Morgan fingerprint density at radius 3 is 2.68 bits per heavy atom. The zero-order valence-corrected chi connectivity index (χ0v) is 16.7. The summed E-state index contributed by atoms with van der Waals surface area (Å²) >= 11 is 5.90. The van der Waals surface area contributed by atoms with Gasteiger partial charge in [-0.3, -0.25) is 0 Å². The van der Waals surface area contributed by atoms with Crippen LogP contribution >= 0.6 is 11.6 Å². The van der Waals surface area contributed by atoms with E-state index in [-0.39, 0.29) is 5.28 Å². The van der Waals surface area contributed by atoms with Gasteiger partial charge in [0.2, 0.25) is 5.28 Å². The zero-order valence-electron chi connectivity index (χ0n) is 16.0.